The van der Waals surface area contributed by atoms with Gasteiger partial charge in [-0.15, -0.1) is 10.2 Å². The first-order chi connectivity index (χ1) is 13.4. The third kappa shape index (κ3) is 4.89. The van der Waals surface area contributed by atoms with Crippen LogP contribution in [0.3, 0.4) is 0 Å². The number of nitrogens with zero attached hydrogens (tertiary/aromatic N) is 5. The van der Waals surface area contributed by atoms with Gasteiger partial charge >= 0.3 is 0 Å². The number of rotatable bonds is 5. The van der Waals surface area contributed by atoms with Gasteiger partial charge in [-0.05, 0) is 30.3 Å². The maximum absolute atomic E-state index is 12.4. The summed E-state index contributed by atoms with van der Waals surface area (Å²) in [5.74, 6) is 0.130. The first kappa shape index (κ1) is 19.9. The van der Waals surface area contributed by atoms with Crippen molar-refractivity contribution >= 4 is 34.9 Å². The van der Waals surface area contributed by atoms with Crippen LogP contribution >= 0.6 is 11.6 Å². The predicted molar refractivity (Wildman–Crippen MR) is 109 cm³/mol. The zero-order valence-corrected chi connectivity index (χ0v) is 16.7. The summed E-state index contributed by atoms with van der Waals surface area (Å²) in [5.41, 5.74) is 1.23. The lowest BCUT2D eigenvalue weighted by atomic mass is 10.2. The van der Waals surface area contributed by atoms with Gasteiger partial charge in [-0.3, -0.25) is 9.59 Å². The Kier molecular flexibility index (Phi) is 6.30. The molecule has 2 aromatic rings. The fourth-order valence-electron chi connectivity index (χ4n) is 2.93. The van der Waals surface area contributed by atoms with Gasteiger partial charge in [0.15, 0.2) is 11.5 Å². The number of halogens is 1. The van der Waals surface area contributed by atoms with Crippen molar-refractivity contribution in [3.63, 3.8) is 0 Å². The van der Waals surface area contributed by atoms with Crippen LogP contribution in [0, 0.1) is 0 Å². The second-order valence-electron chi connectivity index (χ2n) is 6.70. The molecule has 1 aromatic carbocycles. The Morgan fingerprint density at radius 3 is 2.46 bits per heavy atom. The van der Waals surface area contributed by atoms with Crippen molar-refractivity contribution in [1.82, 2.24) is 20.4 Å². The zero-order valence-electron chi connectivity index (χ0n) is 15.9. The van der Waals surface area contributed by atoms with E-state index in [4.69, 9.17) is 11.6 Å². The van der Waals surface area contributed by atoms with Crippen LogP contribution in [0.15, 0.2) is 36.4 Å². The van der Waals surface area contributed by atoms with E-state index in [0.717, 1.165) is 18.8 Å². The zero-order chi connectivity index (χ0) is 20.1. The second-order valence-corrected chi connectivity index (χ2v) is 7.14. The molecule has 0 saturated carbocycles. The van der Waals surface area contributed by atoms with Crippen molar-refractivity contribution in [3.8, 4) is 0 Å². The summed E-state index contributed by atoms with van der Waals surface area (Å²) in [6, 6.07) is 11.0. The van der Waals surface area contributed by atoms with E-state index in [2.05, 4.69) is 20.4 Å². The van der Waals surface area contributed by atoms with Crippen LogP contribution in [0.1, 0.15) is 10.5 Å². The standard InChI is InChI=1S/C19H23ClN6O2/c1-24(2)17-7-6-16(22-23-17)19(28)21-13-18(27)26-10-8-25(9-11-26)15-5-3-4-14(20)12-15/h3-7,12H,8-11,13H2,1-2H3,(H,21,28). The molecule has 1 fully saturated rings. The van der Waals surface area contributed by atoms with Gasteiger partial charge in [0, 0.05) is 51.0 Å². The molecule has 1 saturated heterocycles. The number of aromatic nitrogens is 2. The fraction of sp³-hybridized carbons (Fsp3) is 0.368. The Balaban J connectivity index is 1.47. The van der Waals surface area contributed by atoms with Crippen LogP contribution in [0.4, 0.5) is 11.5 Å². The van der Waals surface area contributed by atoms with Gasteiger partial charge in [-0.2, -0.15) is 0 Å². The molecule has 8 nitrogen and oxygen atoms in total. The molecule has 0 radical (unpaired) electrons. The normalized spacial score (nSPS) is 14.0. The van der Waals surface area contributed by atoms with Crippen molar-refractivity contribution in [2.24, 2.45) is 0 Å². The van der Waals surface area contributed by atoms with E-state index in [0.29, 0.717) is 23.9 Å². The minimum absolute atomic E-state index is 0.0624. The van der Waals surface area contributed by atoms with Gasteiger partial charge in [-0.25, -0.2) is 0 Å². The number of amides is 2. The van der Waals surface area contributed by atoms with Gasteiger partial charge in [0.25, 0.3) is 5.91 Å². The van der Waals surface area contributed by atoms with Crippen LogP contribution in [-0.2, 0) is 4.79 Å². The summed E-state index contributed by atoms with van der Waals surface area (Å²) >= 11 is 6.05. The van der Waals surface area contributed by atoms with Crippen molar-refractivity contribution in [2.45, 2.75) is 0 Å². The number of carbonyl (C=O) groups excluding carboxylic acids is 2. The summed E-state index contributed by atoms with van der Waals surface area (Å²) in [7, 11) is 3.68. The van der Waals surface area contributed by atoms with Crippen LogP contribution in [0.5, 0.6) is 0 Å². The van der Waals surface area contributed by atoms with E-state index in [9.17, 15) is 9.59 Å². The average Bonchev–Trinajstić information content (AvgIpc) is 2.72. The largest absolute Gasteiger partial charge is 0.368 e. The van der Waals surface area contributed by atoms with Crippen molar-refractivity contribution in [2.75, 3.05) is 56.6 Å². The molecular weight excluding hydrogens is 380 g/mol. The van der Waals surface area contributed by atoms with Gasteiger partial charge in [0.1, 0.15) is 0 Å². The van der Waals surface area contributed by atoms with E-state index >= 15 is 0 Å². The summed E-state index contributed by atoms with van der Waals surface area (Å²) in [4.78, 5) is 30.3. The topological polar surface area (TPSA) is 81.7 Å². The highest BCUT2D eigenvalue weighted by Crippen LogP contribution is 2.20. The second kappa shape index (κ2) is 8.88. The molecule has 148 valence electrons. The van der Waals surface area contributed by atoms with E-state index in [1.165, 1.54) is 0 Å². The average molecular weight is 403 g/mol. The number of nitrogens with one attached hydrogen (secondary N) is 1. The Morgan fingerprint density at radius 2 is 1.86 bits per heavy atom. The van der Waals surface area contributed by atoms with Gasteiger partial charge < -0.3 is 20.0 Å². The molecule has 0 bridgehead atoms. The third-order valence-electron chi connectivity index (χ3n) is 4.55. The molecule has 0 atom stereocenters. The molecule has 1 aromatic heterocycles. The van der Waals surface area contributed by atoms with Crippen LogP contribution < -0.4 is 15.1 Å². The number of anilines is 2. The lowest BCUT2D eigenvalue weighted by Gasteiger charge is -2.36. The number of piperazine rings is 1. The first-order valence-electron chi connectivity index (χ1n) is 9.01. The summed E-state index contributed by atoms with van der Waals surface area (Å²) in [6.45, 7) is 2.57. The Hall–Kier alpha value is -2.87. The molecule has 1 aliphatic heterocycles. The molecule has 28 heavy (non-hydrogen) atoms. The lowest BCUT2D eigenvalue weighted by molar-refractivity contribution is -0.130. The molecule has 3 rings (SSSR count). The lowest BCUT2D eigenvalue weighted by Crippen LogP contribution is -2.51. The van der Waals surface area contributed by atoms with Crippen LogP contribution in [0.25, 0.3) is 0 Å². The Labute approximate surface area is 169 Å². The van der Waals surface area contributed by atoms with Crippen LogP contribution in [-0.4, -0.2) is 73.7 Å². The molecular formula is C19H23ClN6O2. The Morgan fingerprint density at radius 1 is 1.11 bits per heavy atom. The van der Waals surface area contributed by atoms with Gasteiger partial charge in [0.05, 0.1) is 6.54 Å². The Bertz CT molecular complexity index is 835. The molecule has 0 spiro atoms. The molecule has 0 aliphatic carbocycles. The number of hydrogen-bond donors (Lipinski definition) is 1. The smallest absolute Gasteiger partial charge is 0.272 e. The highest BCUT2D eigenvalue weighted by molar-refractivity contribution is 6.30. The van der Waals surface area contributed by atoms with E-state index in [1.54, 1.807) is 21.9 Å². The third-order valence-corrected chi connectivity index (χ3v) is 4.78. The maximum Gasteiger partial charge on any atom is 0.272 e. The molecule has 1 N–H and O–H groups in total. The van der Waals surface area contributed by atoms with Crippen LogP contribution in [0.2, 0.25) is 5.02 Å². The van der Waals surface area contributed by atoms with Crippen molar-refractivity contribution in [1.29, 1.82) is 0 Å². The highest BCUT2D eigenvalue weighted by atomic mass is 35.5. The number of hydrogen-bond acceptors (Lipinski definition) is 6. The molecule has 1 aliphatic rings. The SMILES string of the molecule is CN(C)c1ccc(C(=O)NCC(=O)N2CCN(c3cccc(Cl)c3)CC2)nn1. The molecule has 0 unspecified atom stereocenters. The summed E-state index contributed by atoms with van der Waals surface area (Å²) in [6.07, 6.45) is 0. The molecule has 2 amide bonds. The monoisotopic (exact) mass is 402 g/mol. The predicted octanol–water partition coefficient (Wildman–Crippen LogP) is 1.27. The molecule has 2 heterocycles. The first-order valence-corrected chi connectivity index (χ1v) is 9.39. The fourth-order valence-corrected chi connectivity index (χ4v) is 3.11. The number of benzene rings is 1. The quantitative estimate of drug-likeness (QED) is 0.811. The van der Waals surface area contributed by atoms with E-state index in [-0.39, 0.29) is 18.1 Å². The van der Waals surface area contributed by atoms with Gasteiger partial charge in [0.2, 0.25) is 5.91 Å². The number of carbonyl (C=O) groups is 2. The maximum atomic E-state index is 12.4. The van der Waals surface area contributed by atoms with E-state index in [1.807, 2.05) is 38.4 Å². The van der Waals surface area contributed by atoms with Gasteiger partial charge in [-0.1, -0.05) is 17.7 Å². The summed E-state index contributed by atoms with van der Waals surface area (Å²) < 4.78 is 0. The van der Waals surface area contributed by atoms with E-state index < -0.39 is 5.91 Å². The minimum atomic E-state index is -0.413. The highest BCUT2D eigenvalue weighted by Gasteiger charge is 2.22. The summed E-state index contributed by atoms with van der Waals surface area (Å²) in [5, 5.41) is 11.2. The van der Waals surface area contributed by atoms with Crippen molar-refractivity contribution < 1.29 is 9.59 Å². The minimum Gasteiger partial charge on any atom is -0.368 e. The molecule has 9 heteroatoms. The van der Waals surface area contributed by atoms with Crippen molar-refractivity contribution in [3.05, 3.63) is 47.1 Å².